The number of aliphatic hydroxyl groups is 1. The quantitative estimate of drug-likeness (QED) is 0.524. The van der Waals surface area contributed by atoms with Gasteiger partial charge < -0.3 is 9.84 Å². The Kier molecular flexibility index (Phi) is 3.35. The van der Waals surface area contributed by atoms with Gasteiger partial charge in [-0.2, -0.15) is 0 Å². The second-order valence-corrected chi connectivity index (χ2v) is 10.1. The van der Waals surface area contributed by atoms with E-state index in [1.165, 1.54) is 31.3 Å². The Morgan fingerprint density at radius 3 is 2.64 bits per heavy atom. The largest absolute Gasteiger partial charge is 0.458 e. The zero-order valence-electron chi connectivity index (χ0n) is 15.7. The highest BCUT2D eigenvalue weighted by atomic mass is 16.6. The molecule has 1 aliphatic heterocycles. The summed E-state index contributed by atoms with van der Waals surface area (Å²) < 4.78 is 6.02. The van der Waals surface area contributed by atoms with Crippen molar-refractivity contribution in [3.05, 3.63) is 11.6 Å². The predicted molar refractivity (Wildman–Crippen MR) is 95.8 cm³/mol. The van der Waals surface area contributed by atoms with Gasteiger partial charge in [0.2, 0.25) is 0 Å². The molecule has 7 atom stereocenters. The Morgan fingerprint density at radius 1 is 1.08 bits per heavy atom. The minimum atomic E-state index is -0.159. The third kappa shape index (κ3) is 1.99. The van der Waals surface area contributed by atoms with Crippen LogP contribution in [0.1, 0.15) is 78.1 Å². The molecule has 5 aliphatic rings. The van der Waals surface area contributed by atoms with Crippen LogP contribution in [-0.2, 0) is 9.53 Å². The highest BCUT2D eigenvalue weighted by molar-refractivity contribution is 5.72. The van der Waals surface area contributed by atoms with Gasteiger partial charge in [0.05, 0.1) is 6.10 Å². The molecular formula is C22H32O3. The van der Waals surface area contributed by atoms with Gasteiger partial charge >= 0.3 is 5.97 Å². The molecule has 138 valence electrons. The van der Waals surface area contributed by atoms with Crippen LogP contribution >= 0.6 is 0 Å². The predicted octanol–water partition coefficient (Wildman–Crippen LogP) is 4.39. The van der Waals surface area contributed by atoms with Crippen LogP contribution in [0.4, 0.5) is 0 Å². The molecule has 3 nitrogen and oxygen atoms in total. The lowest BCUT2D eigenvalue weighted by Crippen LogP contribution is -2.54. The van der Waals surface area contributed by atoms with E-state index in [9.17, 15) is 9.90 Å². The molecular weight excluding hydrogens is 312 g/mol. The molecule has 0 aromatic heterocycles. The number of fused-ring (bicyclic) bond motifs is 6. The van der Waals surface area contributed by atoms with Crippen molar-refractivity contribution in [2.75, 3.05) is 0 Å². The van der Waals surface area contributed by atoms with Crippen molar-refractivity contribution < 1.29 is 14.6 Å². The lowest BCUT2D eigenvalue weighted by Gasteiger charge is -2.59. The number of rotatable bonds is 0. The summed E-state index contributed by atoms with van der Waals surface area (Å²) in [4.78, 5) is 11.9. The zero-order chi connectivity index (χ0) is 17.4. The van der Waals surface area contributed by atoms with Crippen molar-refractivity contribution in [1.29, 1.82) is 0 Å². The minimum absolute atomic E-state index is 0.0306. The molecule has 4 aliphatic carbocycles. The first-order chi connectivity index (χ1) is 11.9. The smallest absolute Gasteiger partial charge is 0.306 e. The van der Waals surface area contributed by atoms with E-state index in [2.05, 4.69) is 19.9 Å². The van der Waals surface area contributed by atoms with Crippen LogP contribution < -0.4 is 0 Å². The van der Waals surface area contributed by atoms with Crippen molar-refractivity contribution in [3.63, 3.8) is 0 Å². The Bertz CT molecular complexity index is 639. The van der Waals surface area contributed by atoms with E-state index >= 15 is 0 Å². The van der Waals surface area contributed by atoms with Crippen LogP contribution in [0, 0.1) is 28.6 Å². The number of aliphatic hydroxyl groups excluding tert-OH is 1. The van der Waals surface area contributed by atoms with Crippen LogP contribution in [-0.4, -0.2) is 22.8 Å². The molecule has 0 radical (unpaired) electrons. The molecule has 0 aromatic rings. The van der Waals surface area contributed by atoms with Crippen LogP contribution in [0.15, 0.2) is 11.6 Å². The number of allylic oxidation sites excluding steroid dienone is 1. The van der Waals surface area contributed by atoms with Gasteiger partial charge in [-0.05, 0) is 81.0 Å². The van der Waals surface area contributed by atoms with E-state index in [1.807, 2.05) is 0 Å². The van der Waals surface area contributed by atoms with Gasteiger partial charge in [0.15, 0.2) is 0 Å². The fourth-order valence-corrected chi connectivity index (χ4v) is 7.94. The fraction of sp³-hybridized carbons (Fsp3) is 0.864. The normalized spacial score (nSPS) is 54.5. The van der Waals surface area contributed by atoms with Crippen LogP contribution in [0.3, 0.4) is 0 Å². The van der Waals surface area contributed by atoms with Crippen molar-refractivity contribution >= 4 is 5.97 Å². The Morgan fingerprint density at radius 2 is 1.88 bits per heavy atom. The summed E-state index contributed by atoms with van der Waals surface area (Å²) in [6, 6.07) is 0. The molecule has 4 fully saturated rings. The van der Waals surface area contributed by atoms with E-state index in [4.69, 9.17) is 4.74 Å². The van der Waals surface area contributed by atoms with Gasteiger partial charge in [-0.15, -0.1) is 0 Å². The number of carbonyl (C=O) groups is 1. The molecule has 1 saturated heterocycles. The molecule has 0 unspecified atom stereocenters. The lowest BCUT2D eigenvalue weighted by molar-refractivity contribution is -0.167. The first-order valence-electron chi connectivity index (χ1n) is 10.5. The summed E-state index contributed by atoms with van der Waals surface area (Å²) in [5.41, 5.74) is 1.85. The Hall–Kier alpha value is -0.830. The summed E-state index contributed by atoms with van der Waals surface area (Å²) in [7, 11) is 0. The molecule has 1 N–H and O–H groups in total. The number of hydrogen-bond donors (Lipinski definition) is 1. The van der Waals surface area contributed by atoms with E-state index in [0.717, 1.165) is 43.9 Å². The van der Waals surface area contributed by atoms with E-state index < -0.39 is 0 Å². The average Bonchev–Trinajstić information content (AvgIpc) is 3.10. The highest BCUT2D eigenvalue weighted by Gasteiger charge is 2.66. The van der Waals surface area contributed by atoms with Crippen LogP contribution in [0.25, 0.3) is 0 Å². The number of esters is 1. The number of hydrogen-bond acceptors (Lipinski definition) is 3. The molecule has 0 aromatic carbocycles. The van der Waals surface area contributed by atoms with Crippen molar-refractivity contribution in [3.8, 4) is 0 Å². The topological polar surface area (TPSA) is 46.5 Å². The van der Waals surface area contributed by atoms with E-state index in [1.54, 1.807) is 0 Å². The standard InChI is InChI=1S/C22H32O3/c1-20-9-5-15(23)13-14(20)3-4-16-17(20)6-10-21(2)18(16)7-11-22(21)12-8-19(24)25-22/h3,15-18,23H,4-13H2,1-2H3/t15-,16-,17+,18+,20+,21+,22+/m1/s1. The maximum Gasteiger partial charge on any atom is 0.306 e. The molecule has 1 spiro atoms. The van der Waals surface area contributed by atoms with E-state index in [0.29, 0.717) is 17.8 Å². The summed E-state index contributed by atoms with van der Waals surface area (Å²) in [6.45, 7) is 4.91. The van der Waals surface area contributed by atoms with Gasteiger partial charge in [-0.1, -0.05) is 25.5 Å². The highest BCUT2D eigenvalue weighted by Crippen LogP contribution is 2.69. The molecule has 3 heteroatoms. The maximum absolute atomic E-state index is 11.9. The van der Waals surface area contributed by atoms with Gasteiger partial charge in [-0.3, -0.25) is 4.79 Å². The fourth-order valence-electron chi connectivity index (χ4n) is 7.94. The van der Waals surface area contributed by atoms with Crippen molar-refractivity contribution in [2.45, 2.75) is 89.8 Å². The zero-order valence-corrected chi connectivity index (χ0v) is 15.7. The van der Waals surface area contributed by atoms with Crippen molar-refractivity contribution in [2.24, 2.45) is 28.6 Å². The van der Waals surface area contributed by atoms with Crippen LogP contribution in [0.5, 0.6) is 0 Å². The summed E-state index contributed by atoms with van der Waals surface area (Å²) >= 11 is 0. The van der Waals surface area contributed by atoms with Gasteiger partial charge in [0.25, 0.3) is 0 Å². The summed E-state index contributed by atoms with van der Waals surface area (Å²) in [5, 5.41) is 10.1. The third-order valence-electron chi connectivity index (χ3n) is 9.41. The van der Waals surface area contributed by atoms with Gasteiger partial charge in [-0.25, -0.2) is 0 Å². The number of ether oxygens (including phenoxy) is 1. The van der Waals surface area contributed by atoms with Crippen molar-refractivity contribution in [1.82, 2.24) is 0 Å². The average molecular weight is 344 g/mol. The second-order valence-electron chi connectivity index (χ2n) is 10.1. The van der Waals surface area contributed by atoms with Crippen LogP contribution in [0.2, 0.25) is 0 Å². The lowest BCUT2D eigenvalue weighted by atomic mass is 9.47. The molecule has 0 amide bonds. The SMILES string of the molecule is C[C@]12CC[C@@H](O)CC1=CC[C@@H]1[C@@H]2CC[C@@]2(C)[C@H]1CC[C@]21CCC(=O)O1. The van der Waals surface area contributed by atoms with Gasteiger partial charge in [0.1, 0.15) is 5.60 Å². The monoisotopic (exact) mass is 344 g/mol. The summed E-state index contributed by atoms with van der Waals surface area (Å²) in [6.07, 6.45) is 12.9. The minimum Gasteiger partial charge on any atom is -0.458 e. The molecule has 5 rings (SSSR count). The van der Waals surface area contributed by atoms with E-state index in [-0.39, 0.29) is 23.1 Å². The molecule has 3 saturated carbocycles. The Balaban J connectivity index is 1.49. The molecule has 25 heavy (non-hydrogen) atoms. The Labute approximate surface area is 151 Å². The second kappa shape index (κ2) is 5.12. The third-order valence-corrected chi connectivity index (χ3v) is 9.41. The first kappa shape index (κ1) is 16.4. The maximum atomic E-state index is 11.9. The molecule has 0 bridgehead atoms. The summed E-state index contributed by atoms with van der Waals surface area (Å²) in [5.74, 6) is 2.22. The van der Waals surface area contributed by atoms with Gasteiger partial charge in [0, 0.05) is 11.8 Å². The first-order valence-corrected chi connectivity index (χ1v) is 10.5. The number of carbonyl (C=O) groups excluding carboxylic acids is 1. The molecule has 1 heterocycles.